The second-order valence-electron chi connectivity index (χ2n) is 6.30. The molecule has 11 heteroatoms. The van der Waals surface area contributed by atoms with Gasteiger partial charge in [0.15, 0.2) is 6.61 Å². The summed E-state index contributed by atoms with van der Waals surface area (Å²) in [4.78, 5) is 16.6. The maximum Gasteiger partial charge on any atom is 0.422 e. The Kier molecular flexibility index (Phi) is 6.52. The minimum absolute atomic E-state index is 0.123. The second kappa shape index (κ2) is 8.93. The number of carbonyl (C=O) groups is 1. The summed E-state index contributed by atoms with van der Waals surface area (Å²) in [6.45, 7) is 0.176. The largest absolute Gasteiger partial charge is 0.468 e. The molecule has 158 valence electrons. The average molecular weight is 459 g/mol. The van der Waals surface area contributed by atoms with Crippen LogP contribution in [0.2, 0.25) is 10.0 Å². The molecule has 2 heterocycles. The number of ether oxygens (including phenoxy) is 1. The maximum absolute atomic E-state index is 12.7. The van der Waals surface area contributed by atoms with E-state index in [2.05, 4.69) is 20.5 Å². The predicted molar refractivity (Wildman–Crippen MR) is 106 cm³/mol. The van der Waals surface area contributed by atoms with Crippen LogP contribution in [0.5, 0.6) is 5.88 Å². The summed E-state index contributed by atoms with van der Waals surface area (Å²) in [5, 5.41) is 10.1. The van der Waals surface area contributed by atoms with Crippen molar-refractivity contribution >= 4 is 29.1 Å². The Morgan fingerprint density at radius 1 is 1.27 bits per heavy atom. The molecule has 6 nitrogen and oxygen atoms in total. The SMILES string of the molecule is CC(NC(=O)c1cnc(OCC(F)(F)F)c(-c2ccc(Cl)cc2)c1)c1n[nH]cc1Cl. The first kappa shape index (κ1) is 21.9. The first-order valence-corrected chi connectivity index (χ1v) is 9.35. The molecular weight excluding hydrogens is 444 g/mol. The van der Waals surface area contributed by atoms with Gasteiger partial charge in [-0.05, 0) is 30.7 Å². The van der Waals surface area contributed by atoms with Crippen LogP contribution in [0.4, 0.5) is 13.2 Å². The number of nitrogens with zero attached hydrogens (tertiary/aromatic N) is 2. The van der Waals surface area contributed by atoms with Crippen LogP contribution in [-0.2, 0) is 0 Å². The smallest absolute Gasteiger partial charge is 0.422 e. The molecule has 1 unspecified atom stereocenters. The van der Waals surface area contributed by atoms with Crippen molar-refractivity contribution in [2.75, 3.05) is 6.61 Å². The minimum Gasteiger partial charge on any atom is -0.468 e. The van der Waals surface area contributed by atoms with Gasteiger partial charge in [0.2, 0.25) is 5.88 Å². The summed E-state index contributed by atoms with van der Waals surface area (Å²) >= 11 is 11.9. The van der Waals surface area contributed by atoms with Gasteiger partial charge in [0.05, 0.1) is 16.6 Å². The molecule has 2 aromatic heterocycles. The Balaban J connectivity index is 1.90. The molecule has 1 atom stereocenters. The molecule has 0 saturated heterocycles. The molecule has 0 radical (unpaired) electrons. The van der Waals surface area contributed by atoms with Crippen LogP contribution in [0.1, 0.15) is 29.0 Å². The molecule has 1 amide bonds. The Bertz CT molecular complexity index is 1040. The molecule has 2 N–H and O–H groups in total. The van der Waals surface area contributed by atoms with Crippen LogP contribution >= 0.6 is 23.2 Å². The minimum atomic E-state index is -4.53. The normalized spacial score (nSPS) is 12.5. The van der Waals surface area contributed by atoms with Crippen LogP contribution in [0.15, 0.2) is 42.7 Å². The van der Waals surface area contributed by atoms with Crippen molar-refractivity contribution in [2.24, 2.45) is 0 Å². The van der Waals surface area contributed by atoms with Crippen LogP contribution in [0.25, 0.3) is 11.1 Å². The monoisotopic (exact) mass is 458 g/mol. The third-order valence-electron chi connectivity index (χ3n) is 4.02. The number of pyridine rings is 1. The van der Waals surface area contributed by atoms with Crippen molar-refractivity contribution in [3.8, 4) is 17.0 Å². The zero-order chi connectivity index (χ0) is 21.9. The summed E-state index contributed by atoms with van der Waals surface area (Å²) in [7, 11) is 0. The fraction of sp³-hybridized carbons (Fsp3) is 0.211. The van der Waals surface area contributed by atoms with Gasteiger partial charge in [-0.3, -0.25) is 9.89 Å². The number of amides is 1. The van der Waals surface area contributed by atoms with Gasteiger partial charge in [0.1, 0.15) is 5.69 Å². The van der Waals surface area contributed by atoms with Crippen LogP contribution in [0.3, 0.4) is 0 Å². The molecule has 30 heavy (non-hydrogen) atoms. The fourth-order valence-electron chi connectivity index (χ4n) is 2.62. The fourth-order valence-corrected chi connectivity index (χ4v) is 3.00. The number of H-pyrrole nitrogens is 1. The number of aromatic amines is 1. The van der Waals surface area contributed by atoms with Crippen molar-refractivity contribution in [3.63, 3.8) is 0 Å². The van der Waals surface area contributed by atoms with Gasteiger partial charge in [-0.1, -0.05) is 35.3 Å². The highest BCUT2D eigenvalue weighted by molar-refractivity contribution is 6.31. The van der Waals surface area contributed by atoms with Gasteiger partial charge in [0.25, 0.3) is 5.91 Å². The van der Waals surface area contributed by atoms with Crippen molar-refractivity contribution < 1.29 is 22.7 Å². The number of benzene rings is 1. The van der Waals surface area contributed by atoms with Crippen molar-refractivity contribution in [1.82, 2.24) is 20.5 Å². The quantitative estimate of drug-likeness (QED) is 0.531. The number of hydrogen-bond donors (Lipinski definition) is 2. The summed E-state index contributed by atoms with van der Waals surface area (Å²) in [6, 6.07) is 7.20. The van der Waals surface area contributed by atoms with E-state index in [-0.39, 0.29) is 17.0 Å². The number of halogens is 5. The van der Waals surface area contributed by atoms with E-state index in [1.807, 2.05) is 0 Å². The summed E-state index contributed by atoms with van der Waals surface area (Å²) in [6.07, 6.45) is -1.92. The lowest BCUT2D eigenvalue weighted by Gasteiger charge is -2.15. The second-order valence-corrected chi connectivity index (χ2v) is 7.14. The van der Waals surface area contributed by atoms with E-state index in [0.717, 1.165) is 6.20 Å². The lowest BCUT2D eigenvalue weighted by molar-refractivity contribution is -0.154. The van der Waals surface area contributed by atoms with Crippen LogP contribution in [-0.4, -0.2) is 33.9 Å². The summed E-state index contributed by atoms with van der Waals surface area (Å²) < 4.78 is 42.6. The number of carbonyl (C=O) groups excluding carboxylic acids is 1. The van der Waals surface area contributed by atoms with Crippen molar-refractivity contribution in [3.05, 3.63) is 64.0 Å². The maximum atomic E-state index is 12.7. The number of alkyl halides is 3. The van der Waals surface area contributed by atoms with E-state index in [1.165, 1.54) is 12.3 Å². The van der Waals surface area contributed by atoms with Crippen molar-refractivity contribution in [1.29, 1.82) is 0 Å². The number of hydrogen-bond acceptors (Lipinski definition) is 4. The van der Waals surface area contributed by atoms with Gasteiger partial charge in [-0.25, -0.2) is 4.98 Å². The molecule has 0 aliphatic rings. The molecule has 0 bridgehead atoms. The molecule has 3 aromatic rings. The van der Waals surface area contributed by atoms with Gasteiger partial charge < -0.3 is 10.1 Å². The molecule has 0 aliphatic heterocycles. The molecule has 3 rings (SSSR count). The standard InChI is InChI=1S/C19H15Cl2F3N4O2/c1-10(16-15(21)8-26-28-16)27-17(29)12-6-14(11-2-4-13(20)5-3-11)18(25-7-12)30-9-19(22,23)24/h2-8,10H,9H2,1H3,(H,26,28)(H,27,29). The zero-order valence-corrected chi connectivity index (χ0v) is 16.9. The third kappa shape index (κ3) is 5.43. The molecular formula is C19H15Cl2F3N4O2. The molecule has 1 aromatic carbocycles. The molecule has 0 aliphatic carbocycles. The average Bonchev–Trinajstić information content (AvgIpc) is 3.12. The van der Waals surface area contributed by atoms with E-state index in [1.54, 1.807) is 31.2 Å². The van der Waals surface area contributed by atoms with Crippen molar-refractivity contribution in [2.45, 2.75) is 19.1 Å². The number of rotatable bonds is 6. The predicted octanol–water partition coefficient (Wildman–Crippen LogP) is 5.21. The van der Waals surface area contributed by atoms with E-state index < -0.39 is 24.7 Å². The van der Waals surface area contributed by atoms with Gasteiger partial charge in [-0.2, -0.15) is 18.3 Å². The molecule has 0 saturated carbocycles. The molecule has 0 fully saturated rings. The van der Waals surface area contributed by atoms with E-state index in [9.17, 15) is 18.0 Å². The highest BCUT2D eigenvalue weighted by Gasteiger charge is 2.29. The first-order chi connectivity index (χ1) is 14.1. The Hall–Kier alpha value is -2.78. The van der Waals surface area contributed by atoms with Crippen LogP contribution < -0.4 is 10.1 Å². The van der Waals surface area contributed by atoms with Gasteiger partial charge in [-0.15, -0.1) is 0 Å². The highest BCUT2D eigenvalue weighted by Crippen LogP contribution is 2.31. The number of aromatic nitrogens is 3. The summed E-state index contributed by atoms with van der Waals surface area (Å²) in [5.41, 5.74) is 1.27. The Morgan fingerprint density at radius 3 is 2.57 bits per heavy atom. The van der Waals surface area contributed by atoms with Gasteiger partial charge in [0, 0.05) is 23.0 Å². The highest BCUT2D eigenvalue weighted by atomic mass is 35.5. The lowest BCUT2D eigenvalue weighted by atomic mass is 10.0. The van der Waals surface area contributed by atoms with E-state index in [0.29, 0.717) is 21.3 Å². The number of nitrogens with one attached hydrogen (secondary N) is 2. The van der Waals surface area contributed by atoms with E-state index >= 15 is 0 Å². The molecule has 0 spiro atoms. The first-order valence-electron chi connectivity index (χ1n) is 8.59. The summed E-state index contributed by atoms with van der Waals surface area (Å²) in [5.74, 6) is -0.763. The third-order valence-corrected chi connectivity index (χ3v) is 4.57. The zero-order valence-electron chi connectivity index (χ0n) is 15.4. The van der Waals surface area contributed by atoms with E-state index in [4.69, 9.17) is 27.9 Å². The lowest BCUT2D eigenvalue weighted by Crippen LogP contribution is -2.27. The Labute approximate surface area is 179 Å². The van der Waals surface area contributed by atoms with Crippen LogP contribution in [0, 0.1) is 0 Å². The topological polar surface area (TPSA) is 79.9 Å². The Morgan fingerprint density at radius 2 is 1.97 bits per heavy atom. The van der Waals surface area contributed by atoms with Gasteiger partial charge >= 0.3 is 6.18 Å².